The molecule has 11 heteroatoms. The van der Waals surface area contributed by atoms with Crippen LogP contribution in [-0.2, 0) is 0 Å². The summed E-state index contributed by atoms with van der Waals surface area (Å²) in [4.78, 5) is 30.3. The van der Waals surface area contributed by atoms with Crippen molar-refractivity contribution in [3.63, 3.8) is 0 Å². The minimum absolute atomic E-state index is 0.0150. The number of hydrogen-bond donors (Lipinski definition) is 2. The van der Waals surface area contributed by atoms with Gasteiger partial charge in [-0.2, -0.15) is 4.90 Å². The number of aromatic nitrogens is 4. The number of halogens is 1. The molecule has 0 unspecified atom stereocenters. The van der Waals surface area contributed by atoms with Gasteiger partial charge in [0.25, 0.3) is 5.89 Å². The first-order valence-corrected chi connectivity index (χ1v) is 7.44. The zero-order valence-corrected chi connectivity index (χ0v) is 13.8. The summed E-state index contributed by atoms with van der Waals surface area (Å²) in [5.41, 5.74) is 0.452. The number of nitrogens with zero attached hydrogens (tertiary/aromatic N) is 5. The number of anilines is 1. The molecule has 2 heterocycles. The van der Waals surface area contributed by atoms with Crippen molar-refractivity contribution < 1.29 is 24.2 Å². The molecule has 0 aliphatic carbocycles. The highest BCUT2D eigenvalue weighted by Crippen LogP contribution is 2.30. The molecule has 25 heavy (non-hydrogen) atoms. The minimum atomic E-state index is -1.74. The predicted octanol–water partition coefficient (Wildman–Crippen LogP) is 3.12. The minimum Gasteiger partial charge on any atom is -0.464 e. The highest BCUT2D eigenvalue weighted by Gasteiger charge is 2.30. The zero-order chi connectivity index (χ0) is 18.0. The molecular formula is C14H8BrN5O5. The van der Waals surface area contributed by atoms with Crippen LogP contribution in [-0.4, -0.2) is 42.6 Å². The van der Waals surface area contributed by atoms with E-state index in [-0.39, 0.29) is 27.0 Å². The average Bonchev–Trinajstić information content (AvgIpc) is 3.06. The second-order valence-corrected chi connectivity index (χ2v) is 5.36. The Balaban J connectivity index is 2.11. The van der Waals surface area contributed by atoms with Crippen LogP contribution in [0.5, 0.6) is 0 Å². The van der Waals surface area contributed by atoms with Crippen molar-refractivity contribution in [2.45, 2.75) is 0 Å². The summed E-state index contributed by atoms with van der Waals surface area (Å²) in [5, 5.41) is 25.9. The van der Waals surface area contributed by atoms with Gasteiger partial charge < -0.3 is 14.6 Å². The smallest absolute Gasteiger partial charge is 0.422 e. The summed E-state index contributed by atoms with van der Waals surface area (Å²) in [6, 6.07) is 8.85. The average molecular weight is 406 g/mol. The number of imide groups is 1. The molecule has 0 aliphatic heterocycles. The maximum Gasteiger partial charge on any atom is 0.422 e. The molecule has 0 spiro atoms. The van der Waals surface area contributed by atoms with Crippen LogP contribution in [0, 0.1) is 0 Å². The summed E-state index contributed by atoms with van der Waals surface area (Å²) >= 11 is 3.09. The second kappa shape index (κ2) is 6.65. The van der Waals surface area contributed by atoms with Gasteiger partial charge in [0, 0.05) is 5.56 Å². The van der Waals surface area contributed by atoms with Gasteiger partial charge in [-0.15, -0.1) is 10.2 Å². The normalized spacial score (nSPS) is 10.4. The fourth-order valence-corrected chi connectivity index (χ4v) is 2.23. The van der Waals surface area contributed by atoms with E-state index >= 15 is 0 Å². The fourth-order valence-electron chi connectivity index (χ4n) is 1.95. The van der Waals surface area contributed by atoms with Crippen LogP contribution in [0.15, 0.2) is 45.5 Å². The van der Waals surface area contributed by atoms with E-state index in [1.807, 2.05) is 6.07 Å². The van der Waals surface area contributed by atoms with E-state index in [4.69, 9.17) is 14.6 Å². The Labute approximate surface area is 147 Å². The molecule has 2 N–H and O–H groups in total. The van der Waals surface area contributed by atoms with Crippen molar-refractivity contribution in [2.24, 2.45) is 0 Å². The van der Waals surface area contributed by atoms with Crippen molar-refractivity contribution in [2.75, 3.05) is 4.90 Å². The van der Waals surface area contributed by atoms with Gasteiger partial charge in [-0.1, -0.05) is 18.2 Å². The molecule has 0 saturated carbocycles. The largest absolute Gasteiger partial charge is 0.464 e. The van der Waals surface area contributed by atoms with Gasteiger partial charge >= 0.3 is 12.2 Å². The molecule has 3 rings (SSSR count). The highest BCUT2D eigenvalue weighted by molar-refractivity contribution is 9.10. The lowest BCUT2D eigenvalue weighted by molar-refractivity contribution is 0.184. The van der Waals surface area contributed by atoms with Crippen LogP contribution < -0.4 is 4.90 Å². The van der Waals surface area contributed by atoms with Gasteiger partial charge in [-0.25, -0.2) is 19.6 Å². The first-order valence-electron chi connectivity index (χ1n) is 6.65. The molecule has 0 atom stereocenters. The molecule has 3 aromatic rings. The van der Waals surface area contributed by atoms with Gasteiger partial charge in [-0.3, -0.25) is 0 Å². The Morgan fingerprint density at radius 3 is 2.32 bits per heavy atom. The second-order valence-electron chi connectivity index (χ2n) is 4.54. The Morgan fingerprint density at radius 2 is 1.68 bits per heavy atom. The maximum atomic E-state index is 11.2. The summed E-state index contributed by atoms with van der Waals surface area (Å²) < 4.78 is 5.74. The predicted molar refractivity (Wildman–Crippen MR) is 87.0 cm³/mol. The van der Waals surface area contributed by atoms with Gasteiger partial charge in [-0.05, 0) is 28.1 Å². The molecule has 0 radical (unpaired) electrons. The maximum absolute atomic E-state index is 11.2. The quantitative estimate of drug-likeness (QED) is 0.671. The summed E-state index contributed by atoms with van der Waals surface area (Å²) in [5.74, 6) is -0.470. The lowest BCUT2D eigenvalue weighted by Crippen LogP contribution is -2.35. The first kappa shape index (κ1) is 16.5. The van der Waals surface area contributed by atoms with E-state index in [1.54, 1.807) is 24.3 Å². The molecule has 1 aromatic carbocycles. The SMILES string of the molecule is O=C(O)N(C(=O)O)c1ncc(Br)nc1-c1nnc(-c2ccccc2)o1. The number of amides is 2. The molecule has 2 amide bonds. The third kappa shape index (κ3) is 3.30. The summed E-state index contributed by atoms with van der Waals surface area (Å²) in [7, 11) is 0. The molecule has 10 nitrogen and oxygen atoms in total. The van der Waals surface area contributed by atoms with Crippen LogP contribution >= 0.6 is 15.9 Å². The molecular weight excluding hydrogens is 398 g/mol. The molecule has 0 bridgehead atoms. The van der Waals surface area contributed by atoms with Crippen molar-refractivity contribution in [1.82, 2.24) is 20.2 Å². The van der Waals surface area contributed by atoms with Crippen LogP contribution in [0.25, 0.3) is 23.0 Å². The highest BCUT2D eigenvalue weighted by atomic mass is 79.9. The van der Waals surface area contributed by atoms with Crippen LogP contribution in [0.2, 0.25) is 0 Å². The van der Waals surface area contributed by atoms with Crippen LogP contribution in [0.3, 0.4) is 0 Å². The van der Waals surface area contributed by atoms with Gasteiger partial charge in [0.2, 0.25) is 5.89 Å². The third-order valence-electron chi connectivity index (χ3n) is 2.97. The summed E-state index contributed by atoms with van der Waals surface area (Å²) in [6.45, 7) is 0. The standard InChI is InChI=1S/C14H8BrN5O5/c15-8-6-16-10(20(13(21)22)14(23)24)9(17-8)12-19-18-11(25-12)7-4-2-1-3-5-7/h1-6H,(H,21,22)(H,23,24). The molecule has 2 aromatic heterocycles. The number of carboxylic acid groups (broad SMARTS) is 2. The topological polar surface area (TPSA) is 143 Å². The Morgan fingerprint density at radius 1 is 1.04 bits per heavy atom. The van der Waals surface area contributed by atoms with Gasteiger partial charge in [0.1, 0.15) is 4.60 Å². The lowest BCUT2D eigenvalue weighted by atomic mass is 10.2. The monoisotopic (exact) mass is 405 g/mol. The number of hydrogen-bond acceptors (Lipinski definition) is 7. The lowest BCUT2D eigenvalue weighted by Gasteiger charge is -2.13. The third-order valence-corrected chi connectivity index (χ3v) is 3.35. The Hall–Kier alpha value is -3.34. The van der Waals surface area contributed by atoms with Crippen molar-refractivity contribution in [3.8, 4) is 23.0 Å². The number of benzene rings is 1. The van der Waals surface area contributed by atoms with E-state index in [0.29, 0.717) is 5.56 Å². The van der Waals surface area contributed by atoms with Gasteiger partial charge in [0.05, 0.1) is 6.20 Å². The van der Waals surface area contributed by atoms with Gasteiger partial charge in [0.15, 0.2) is 11.5 Å². The van der Waals surface area contributed by atoms with E-state index < -0.39 is 18.0 Å². The van der Waals surface area contributed by atoms with E-state index in [9.17, 15) is 9.59 Å². The van der Waals surface area contributed by atoms with Crippen molar-refractivity contribution in [3.05, 3.63) is 41.1 Å². The number of carbonyl (C=O) groups is 2. The zero-order valence-electron chi connectivity index (χ0n) is 12.2. The molecule has 0 fully saturated rings. The van der Waals surface area contributed by atoms with Crippen molar-refractivity contribution >= 4 is 33.9 Å². The Bertz CT molecular complexity index is 932. The Kier molecular flexibility index (Phi) is 4.39. The van der Waals surface area contributed by atoms with E-state index in [0.717, 1.165) is 6.20 Å². The fraction of sp³-hybridized carbons (Fsp3) is 0. The van der Waals surface area contributed by atoms with Crippen LogP contribution in [0.4, 0.5) is 15.4 Å². The van der Waals surface area contributed by atoms with E-state index in [2.05, 4.69) is 36.1 Å². The molecule has 126 valence electrons. The molecule has 0 saturated heterocycles. The van der Waals surface area contributed by atoms with Crippen LogP contribution in [0.1, 0.15) is 0 Å². The summed E-state index contributed by atoms with van der Waals surface area (Å²) in [6.07, 6.45) is -2.33. The van der Waals surface area contributed by atoms with E-state index in [1.165, 1.54) is 0 Å². The number of rotatable bonds is 3. The molecule has 0 aliphatic rings. The van der Waals surface area contributed by atoms with Crippen molar-refractivity contribution in [1.29, 1.82) is 0 Å². The first-order chi connectivity index (χ1) is 12.0.